The summed E-state index contributed by atoms with van der Waals surface area (Å²) in [6.45, 7) is 0. The van der Waals surface area contributed by atoms with Crippen molar-refractivity contribution in [1.29, 1.82) is 0 Å². The van der Waals surface area contributed by atoms with Crippen LogP contribution in [-0.4, -0.2) is 11.8 Å². The van der Waals surface area contributed by atoms with E-state index in [0.29, 0.717) is 11.4 Å². The van der Waals surface area contributed by atoms with Gasteiger partial charge in [-0.3, -0.25) is 14.5 Å². The summed E-state index contributed by atoms with van der Waals surface area (Å²) >= 11 is 0. The third-order valence-corrected chi connectivity index (χ3v) is 6.76. The van der Waals surface area contributed by atoms with Gasteiger partial charge in [0.1, 0.15) is 11.5 Å². The number of allylic oxidation sites excluding steroid dienone is 2. The van der Waals surface area contributed by atoms with Gasteiger partial charge in [0.05, 0.1) is 17.5 Å². The first-order valence-corrected chi connectivity index (χ1v) is 10.7. The predicted molar refractivity (Wildman–Crippen MR) is 119 cm³/mol. The number of hydrogen-bond donors (Lipinski definition) is 0. The quantitative estimate of drug-likeness (QED) is 0.426. The second-order valence-electron chi connectivity index (χ2n) is 8.47. The lowest BCUT2D eigenvalue weighted by atomic mass is 9.85. The van der Waals surface area contributed by atoms with Gasteiger partial charge in [0.25, 0.3) is 0 Å². The van der Waals surface area contributed by atoms with Crippen LogP contribution >= 0.6 is 0 Å². The molecule has 31 heavy (non-hydrogen) atoms. The van der Waals surface area contributed by atoms with Gasteiger partial charge in [-0.1, -0.05) is 60.7 Å². The zero-order chi connectivity index (χ0) is 20.9. The molecule has 0 spiro atoms. The Balaban J connectivity index is 1.25. The molecule has 4 atom stereocenters. The monoisotopic (exact) mass is 407 g/mol. The SMILES string of the molecule is O=C1[C@@H]2[C@H](C(=O)N1c1ccc(Oc3ccccc3-c3ccccc3)cc1)[C@H]1C=C[C@@H]2C1. The van der Waals surface area contributed by atoms with E-state index in [0.717, 1.165) is 23.3 Å². The molecule has 1 heterocycles. The Labute approximate surface area is 180 Å². The smallest absolute Gasteiger partial charge is 0.238 e. The van der Waals surface area contributed by atoms with Crippen LogP contribution in [0.5, 0.6) is 11.5 Å². The molecule has 0 unspecified atom stereocenters. The van der Waals surface area contributed by atoms with E-state index in [9.17, 15) is 9.59 Å². The van der Waals surface area contributed by atoms with Crippen molar-refractivity contribution < 1.29 is 14.3 Å². The lowest BCUT2D eigenvalue weighted by Crippen LogP contribution is -2.32. The summed E-state index contributed by atoms with van der Waals surface area (Å²) in [6.07, 6.45) is 5.16. The van der Waals surface area contributed by atoms with Gasteiger partial charge in [-0.15, -0.1) is 0 Å². The maximum atomic E-state index is 13.0. The number of imide groups is 1. The molecular weight excluding hydrogens is 386 g/mol. The second kappa shape index (κ2) is 6.95. The number of anilines is 1. The van der Waals surface area contributed by atoms with Gasteiger partial charge in [-0.25, -0.2) is 0 Å². The molecule has 2 amide bonds. The number of fused-ring (bicyclic) bond motifs is 5. The molecule has 0 radical (unpaired) electrons. The minimum atomic E-state index is -0.184. The molecule has 2 fully saturated rings. The van der Waals surface area contributed by atoms with Crippen molar-refractivity contribution in [2.24, 2.45) is 23.7 Å². The Morgan fingerprint density at radius 2 is 1.32 bits per heavy atom. The number of rotatable bonds is 4. The molecule has 1 saturated heterocycles. The van der Waals surface area contributed by atoms with E-state index in [4.69, 9.17) is 4.74 Å². The van der Waals surface area contributed by atoms with Gasteiger partial charge < -0.3 is 4.74 Å². The molecule has 2 aliphatic carbocycles. The van der Waals surface area contributed by atoms with Crippen molar-refractivity contribution in [3.63, 3.8) is 0 Å². The van der Waals surface area contributed by atoms with Gasteiger partial charge in [0.2, 0.25) is 11.8 Å². The van der Waals surface area contributed by atoms with Crippen LogP contribution in [0.2, 0.25) is 0 Å². The first-order chi connectivity index (χ1) is 15.2. The molecule has 2 bridgehead atoms. The van der Waals surface area contributed by atoms with Gasteiger partial charge in [-0.05, 0) is 54.2 Å². The molecule has 0 aromatic heterocycles. The van der Waals surface area contributed by atoms with Crippen molar-refractivity contribution in [2.45, 2.75) is 6.42 Å². The summed E-state index contributed by atoms with van der Waals surface area (Å²) in [4.78, 5) is 27.4. The fraction of sp³-hybridized carbons (Fsp3) is 0.185. The average molecular weight is 407 g/mol. The van der Waals surface area contributed by atoms with Crippen molar-refractivity contribution in [3.8, 4) is 22.6 Å². The van der Waals surface area contributed by atoms with Crippen LogP contribution < -0.4 is 9.64 Å². The zero-order valence-electron chi connectivity index (χ0n) is 16.8. The molecule has 1 aliphatic heterocycles. The second-order valence-corrected chi connectivity index (χ2v) is 8.47. The van der Waals surface area contributed by atoms with Crippen LogP contribution in [0.1, 0.15) is 6.42 Å². The van der Waals surface area contributed by atoms with E-state index in [1.54, 1.807) is 12.1 Å². The Bertz CT molecular complexity index is 1170. The van der Waals surface area contributed by atoms with E-state index >= 15 is 0 Å². The van der Waals surface area contributed by atoms with Gasteiger partial charge in [-0.2, -0.15) is 0 Å². The topological polar surface area (TPSA) is 46.6 Å². The molecule has 3 aromatic carbocycles. The number of hydrogen-bond acceptors (Lipinski definition) is 3. The lowest BCUT2D eigenvalue weighted by Gasteiger charge is -2.18. The molecule has 3 aromatic rings. The van der Waals surface area contributed by atoms with Crippen LogP contribution in [0, 0.1) is 23.7 Å². The number of para-hydroxylation sites is 1. The Morgan fingerprint density at radius 1 is 0.710 bits per heavy atom. The summed E-state index contributed by atoms with van der Waals surface area (Å²) in [5.74, 6) is 1.36. The maximum absolute atomic E-state index is 13.0. The number of carbonyl (C=O) groups excluding carboxylic acids is 2. The summed E-state index contributed by atoms with van der Waals surface area (Å²) in [7, 11) is 0. The van der Waals surface area contributed by atoms with Crippen LogP contribution in [0.25, 0.3) is 11.1 Å². The van der Waals surface area contributed by atoms with Crippen LogP contribution in [0.15, 0.2) is 91.0 Å². The maximum Gasteiger partial charge on any atom is 0.238 e. The molecule has 0 N–H and O–H groups in total. The highest BCUT2D eigenvalue weighted by Gasteiger charge is 2.59. The highest BCUT2D eigenvalue weighted by Crippen LogP contribution is 2.53. The summed E-state index contributed by atoms with van der Waals surface area (Å²) in [5.41, 5.74) is 2.71. The summed E-state index contributed by atoms with van der Waals surface area (Å²) < 4.78 is 6.16. The van der Waals surface area contributed by atoms with Crippen LogP contribution in [0.3, 0.4) is 0 Å². The third-order valence-electron chi connectivity index (χ3n) is 6.76. The molecule has 6 rings (SSSR count). The van der Waals surface area contributed by atoms with Gasteiger partial charge in [0.15, 0.2) is 0 Å². The summed E-state index contributed by atoms with van der Waals surface area (Å²) in [5, 5.41) is 0. The number of ether oxygens (including phenoxy) is 1. The van der Waals surface area contributed by atoms with Crippen molar-refractivity contribution in [3.05, 3.63) is 91.0 Å². The molecule has 1 saturated carbocycles. The van der Waals surface area contributed by atoms with E-state index in [-0.39, 0.29) is 35.5 Å². The van der Waals surface area contributed by atoms with E-state index in [2.05, 4.69) is 24.3 Å². The van der Waals surface area contributed by atoms with Gasteiger partial charge >= 0.3 is 0 Å². The highest BCUT2D eigenvalue weighted by molar-refractivity contribution is 6.22. The normalized spacial score (nSPS) is 25.9. The van der Waals surface area contributed by atoms with E-state index in [1.165, 1.54) is 4.90 Å². The van der Waals surface area contributed by atoms with Crippen molar-refractivity contribution in [1.82, 2.24) is 0 Å². The predicted octanol–water partition coefficient (Wildman–Crippen LogP) is 5.46. The Kier molecular flexibility index (Phi) is 4.06. The Hall–Kier alpha value is -3.66. The zero-order valence-corrected chi connectivity index (χ0v) is 16.8. The van der Waals surface area contributed by atoms with Crippen molar-refractivity contribution in [2.75, 3.05) is 4.90 Å². The van der Waals surface area contributed by atoms with Crippen molar-refractivity contribution >= 4 is 17.5 Å². The van der Waals surface area contributed by atoms with E-state index < -0.39 is 0 Å². The third kappa shape index (κ3) is 2.82. The first kappa shape index (κ1) is 18.1. The molecular formula is C27H21NO3. The molecule has 152 valence electrons. The first-order valence-electron chi connectivity index (χ1n) is 10.7. The molecule has 3 aliphatic rings. The van der Waals surface area contributed by atoms with Crippen LogP contribution in [0.4, 0.5) is 5.69 Å². The number of nitrogens with zero attached hydrogens (tertiary/aromatic N) is 1. The molecule has 4 heteroatoms. The average Bonchev–Trinajstić information content (AvgIpc) is 3.49. The minimum absolute atomic E-state index is 0.0602. The fourth-order valence-corrected chi connectivity index (χ4v) is 5.36. The number of carbonyl (C=O) groups is 2. The fourth-order valence-electron chi connectivity index (χ4n) is 5.36. The van der Waals surface area contributed by atoms with Crippen LogP contribution in [-0.2, 0) is 9.59 Å². The standard InChI is InChI=1S/C27H21NO3/c29-26-24-18-10-11-19(16-18)25(24)27(30)28(26)20-12-14-21(15-13-20)31-23-9-5-4-8-22(23)17-6-2-1-3-7-17/h1-15,18-19,24-25H,16H2/t18-,19+,24+,25-. The number of amides is 2. The summed E-state index contributed by atoms with van der Waals surface area (Å²) in [6, 6.07) is 25.2. The van der Waals surface area contributed by atoms with E-state index in [1.807, 2.05) is 54.6 Å². The van der Waals surface area contributed by atoms with Gasteiger partial charge in [0, 0.05) is 5.56 Å². The Morgan fingerprint density at radius 3 is 2.00 bits per heavy atom. The number of benzene rings is 3. The molecule has 4 nitrogen and oxygen atoms in total. The largest absolute Gasteiger partial charge is 0.457 e. The highest BCUT2D eigenvalue weighted by atomic mass is 16.5. The lowest BCUT2D eigenvalue weighted by molar-refractivity contribution is -0.123. The minimum Gasteiger partial charge on any atom is -0.457 e.